The lowest BCUT2D eigenvalue weighted by Crippen LogP contribution is -2.37. The summed E-state index contributed by atoms with van der Waals surface area (Å²) in [5, 5.41) is 1.32. The summed E-state index contributed by atoms with van der Waals surface area (Å²) in [6.07, 6.45) is 6.25. The molecule has 1 aromatic heterocycles. The molecule has 0 spiro atoms. The van der Waals surface area contributed by atoms with Gasteiger partial charge in [0, 0.05) is 29.7 Å². The average Bonchev–Trinajstić information content (AvgIpc) is 3.20. The van der Waals surface area contributed by atoms with Gasteiger partial charge in [-0.15, -0.1) is 0 Å². The van der Waals surface area contributed by atoms with Crippen LogP contribution in [-0.2, 0) is 24.0 Å². The molecule has 3 aromatic rings. The van der Waals surface area contributed by atoms with Crippen molar-refractivity contribution in [2.75, 3.05) is 27.3 Å². The molecule has 0 saturated carbocycles. The highest BCUT2D eigenvalue weighted by Crippen LogP contribution is 2.38. The van der Waals surface area contributed by atoms with Crippen LogP contribution in [0, 0.1) is 0 Å². The van der Waals surface area contributed by atoms with Crippen LogP contribution in [0.2, 0.25) is 0 Å². The first-order valence-electron chi connectivity index (χ1n) is 10.8. The molecule has 2 aromatic carbocycles. The number of para-hydroxylation sites is 1. The molecule has 1 aliphatic rings. The maximum Gasteiger partial charge on any atom is 0.122 e. The molecule has 1 N–H and O–H groups in total. The van der Waals surface area contributed by atoms with Crippen LogP contribution in [0.25, 0.3) is 10.9 Å². The number of aromatic amines is 1. The van der Waals surface area contributed by atoms with Crippen molar-refractivity contribution in [3.8, 4) is 5.75 Å². The summed E-state index contributed by atoms with van der Waals surface area (Å²) < 4.78 is 11.1. The third-order valence-corrected chi connectivity index (χ3v) is 6.42. The summed E-state index contributed by atoms with van der Waals surface area (Å²) in [5.74, 6) is 1.81. The second-order valence-corrected chi connectivity index (χ2v) is 8.09. The van der Waals surface area contributed by atoms with Crippen molar-refractivity contribution >= 4 is 10.9 Å². The van der Waals surface area contributed by atoms with Crippen LogP contribution in [0.5, 0.6) is 5.75 Å². The number of nitrogens with zero attached hydrogens (tertiary/aromatic N) is 1. The first kappa shape index (κ1) is 20.5. The Labute approximate surface area is 179 Å². The van der Waals surface area contributed by atoms with E-state index in [1.807, 2.05) is 0 Å². The smallest absolute Gasteiger partial charge is 0.122 e. The number of methoxy groups -OCH3 is 2. The lowest BCUT2D eigenvalue weighted by molar-refractivity contribution is 0.154. The first-order chi connectivity index (χ1) is 14.6. The lowest BCUT2D eigenvalue weighted by atomic mass is 9.87. The van der Waals surface area contributed by atoms with Gasteiger partial charge in [0.25, 0.3) is 0 Å². The molecular weight excluding hydrogens is 372 g/mol. The normalized spacial score (nSPS) is 16.4. The predicted octanol–water partition coefficient (Wildman–Crippen LogP) is 5.43. The van der Waals surface area contributed by atoms with Gasteiger partial charge in [-0.2, -0.15) is 0 Å². The molecule has 4 heteroatoms. The molecule has 0 saturated heterocycles. The van der Waals surface area contributed by atoms with Crippen molar-refractivity contribution in [2.24, 2.45) is 0 Å². The number of aryl methyl sites for hydroxylation is 2. The van der Waals surface area contributed by atoms with Gasteiger partial charge in [0.05, 0.1) is 20.8 Å². The van der Waals surface area contributed by atoms with Crippen molar-refractivity contribution < 1.29 is 9.47 Å². The van der Waals surface area contributed by atoms with E-state index >= 15 is 0 Å². The zero-order valence-corrected chi connectivity index (χ0v) is 18.3. The zero-order valence-electron chi connectivity index (χ0n) is 18.3. The molecule has 30 heavy (non-hydrogen) atoms. The first-order valence-corrected chi connectivity index (χ1v) is 10.8. The Morgan fingerprint density at radius 1 is 1.20 bits per heavy atom. The lowest BCUT2D eigenvalue weighted by Gasteiger charge is -2.38. The van der Waals surface area contributed by atoms with Gasteiger partial charge in [-0.3, -0.25) is 4.90 Å². The van der Waals surface area contributed by atoms with E-state index in [0.717, 1.165) is 50.3 Å². The molecule has 158 valence electrons. The van der Waals surface area contributed by atoms with Gasteiger partial charge in [-0.05, 0) is 60.1 Å². The van der Waals surface area contributed by atoms with E-state index in [1.54, 1.807) is 14.2 Å². The van der Waals surface area contributed by atoms with Crippen molar-refractivity contribution in [2.45, 2.75) is 38.6 Å². The topological polar surface area (TPSA) is 37.5 Å². The molecule has 0 fully saturated rings. The van der Waals surface area contributed by atoms with Crippen LogP contribution in [0.4, 0.5) is 0 Å². The Bertz CT molecular complexity index is 1040. The molecule has 0 radical (unpaired) electrons. The van der Waals surface area contributed by atoms with E-state index in [1.165, 1.54) is 33.2 Å². The fraction of sp³-hybridized carbons (Fsp3) is 0.385. The number of rotatable bonds is 8. The Balaban J connectivity index is 1.66. The third kappa shape index (κ3) is 3.97. The average molecular weight is 405 g/mol. The van der Waals surface area contributed by atoms with Crippen LogP contribution in [0.15, 0.2) is 54.9 Å². The standard InChI is InChI=1S/C26H32N2O2/c1-5-19-14-20-12-13-28(17-18(2)29-3)25(23(20)15-26(19)30-4)11-10-21-16-27-24-9-7-6-8-22(21)24/h6-9,14-16,25,27H,2,5,10-13,17H2,1,3-4H3. The highest BCUT2D eigenvalue weighted by Gasteiger charge is 2.29. The van der Waals surface area contributed by atoms with Gasteiger partial charge in [0.2, 0.25) is 0 Å². The molecule has 1 atom stereocenters. The molecule has 0 amide bonds. The van der Waals surface area contributed by atoms with Gasteiger partial charge >= 0.3 is 0 Å². The summed E-state index contributed by atoms with van der Waals surface area (Å²) in [4.78, 5) is 5.92. The fourth-order valence-electron chi connectivity index (χ4n) is 4.75. The summed E-state index contributed by atoms with van der Waals surface area (Å²) >= 11 is 0. The number of fused-ring (bicyclic) bond motifs is 2. The summed E-state index contributed by atoms with van der Waals surface area (Å²) in [6.45, 7) is 8.04. The van der Waals surface area contributed by atoms with Crippen LogP contribution in [-0.4, -0.2) is 37.2 Å². The quantitative estimate of drug-likeness (QED) is 0.509. The predicted molar refractivity (Wildman–Crippen MR) is 123 cm³/mol. The summed E-state index contributed by atoms with van der Waals surface area (Å²) in [7, 11) is 3.48. The van der Waals surface area contributed by atoms with Crippen LogP contribution in [0.3, 0.4) is 0 Å². The van der Waals surface area contributed by atoms with Crippen molar-refractivity contribution in [1.29, 1.82) is 0 Å². The third-order valence-electron chi connectivity index (χ3n) is 6.42. The second-order valence-electron chi connectivity index (χ2n) is 8.09. The highest BCUT2D eigenvalue weighted by molar-refractivity contribution is 5.83. The maximum absolute atomic E-state index is 5.73. The molecule has 4 nitrogen and oxygen atoms in total. The molecular formula is C26H32N2O2. The zero-order chi connectivity index (χ0) is 21.1. The Hall–Kier alpha value is -2.72. The summed E-state index contributed by atoms with van der Waals surface area (Å²) in [5.41, 5.74) is 6.71. The Morgan fingerprint density at radius 3 is 2.80 bits per heavy atom. The fourth-order valence-corrected chi connectivity index (χ4v) is 4.75. The monoisotopic (exact) mass is 404 g/mol. The van der Waals surface area contributed by atoms with Gasteiger partial charge < -0.3 is 14.5 Å². The van der Waals surface area contributed by atoms with E-state index < -0.39 is 0 Å². The van der Waals surface area contributed by atoms with Gasteiger partial charge in [0.1, 0.15) is 11.5 Å². The van der Waals surface area contributed by atoms with Crippen molar-refractivity contribution in [3.63, 3.8) is 0 Å². The van der Waals surface area contributed by atoms with Crippen LogP contribution >= 0.6 is 0 Å². The number of hydrogen-bond donors (Lipinski definition) is 1. The minimum absolute atomic E-state index is 0.314. The molecule has 0 aliphatic carbocycles. The number of nitrogens with one attached hydrogen (secondary N) is 1. The van der Waals surface area contributed by atoms with Gasteiger partial charge in [-0.25, -0.2) is 0 Å². The Kier molecular flexibility index (Phi) is 6.14. The Morgan fingerprint density at radius 2 is 2.03 bits per heavy atom. The summed E-state index contributed by atoms with van der Waals surface area (Å²) in [6, 6.07) is 13.5. The minimum Gasteiger partial charge on any atom is -0.500 e. The van der Waals surface area contributed by atoms with Crippen molar-refractivity contribution in [3.05, 3.63) is 77.2 Å². The van der Waals surface area contributed by atoms with Crippen LogP contribution in [0.1, 0.15) is 41.6 Å². The number of hydrogen-bond acceptors (Lipinski definition) is 3. The molecule has 0 bridgehead atoms. The molecule has 4 rings (SSSR count). The van der Waals surface area contributed by atoms with Crippen molar-refractivity contribution in [1.82, 2.24) is 9.88 Å². The van der Waals surface area contributed by atoms with E-state index in [9.17, 15) is 0 Å². The number of H-pyrrole nitrogens is 1. The molecule has 2 heterocycles. The number of benzene rings is 2. The minimum atomic E-state index is 0.314. The number of aromatic nitrogens is 1. The van der Waals surface area contributed by atoms with Gasteiger partial charge in [0.15, 0.2) is 0 Å². The number of ether oxygens (including phenoxy) is 2. The SMILES string of the molecule is C=C(CN1CCc2cc(CC)c(OC)cc2C1CCc1c[nH]c2ccccc12)OC. The van der Waals surface area contributed by atoms with E-state index in [0.29, 0.717) is 6.04 Å². The van der Waals surface area contributed by atoms with E-state index in [-0.39, 0.29) is 0 Å². The second kappa shape index (κ2) is 8.97. The highest BCUT2D eigenvalue weighted by atomic mass is 16.5. The van der Waals surface area contributed by atoms with E-state index in [4.69, 9.17) is 9.47 Å². The van der Waals surface area contributed by atoms with Crippen LogP contribution < -0.4 is 4.74 Å². The van der Waals surface area contributed by atoms with Gasteiger partial charge in [-0.1, -0.05) is 37.8 Å². The maximum atomic E-state index is 5.73. The molecule has 1 unspecified atom stereocenters. The largest absolute Gasteiger partial charge is 0.500 e. The van der Waals surface area contributed by atoms with E-state index in [2.05, 4.69) is 66.0 Å². The molecule has 1 aliphatic heterocycles.